The number of carbonyl (C=O) groups is 1. The molecule has 1 amide bonds. The maximum atomic E-state index is 13.8. The van der Waals surface area contributed by atoms with Gasteiger partial charge < -0.3 is 10.0 Å². The third kappa shape index (κ3) is 3.84. The van der Waals surface area contributed by atoms with Gasteiger partial charge in [-0.05, 0) is 29.7 Å². The fraction of sp³-hybridized carbons (Fsp3) is 0.250. The highest BCUT2D eigenvalue weighted by molar-refractivity contribution is 7.98. The van der Waals surface area contributed by atoms with E-state index in [1.807, 2.05) is 48.5 Å². The zero-order valence-corrected chi connectivity index (χ0v) is 19.9. The molecule has 2 aliphatic rings. The number of rotatable bonds is 2. The average molecular weight is 522 g/mol. The van der Waals surface area contributed by atoms with E-state index >= 15 is 0 Å². The molecule has 2 aromatic carbocycles. The molecule has 3 aromatic rings. The van der Waals surface area contributed by atoms with E-state index in [9.17, 15) is 27.9 Å². The molecule has 0 radical (unpaired) electrons. The van der Waals surface area contributed by atoms with E-state index in [0.717, 1.165) is 28.5 Å². The van der Waals surface area contributed by atoms with Crippen molar-refractivity contribution in [3.63, 3.8) is 0 Å². The lowest BCUT2D eigenvalue weighted by atomic mass is 9.94. The Labute approximate surface area is 207 Å². The van der Waals surface area contributed by atoms with Crippen LogP contribution < -0.4 is 10.4 Å². The van der Waals surface area contributed by atoms with Gasteiger partial charge in [0.1, 0.15) is 17.7 Å². The van der Waals surface area contributed by atoms with Crippen molar-refractivity contribution < 1.29 is 23.1 Å². The van der Waals surface area contributed by atoms with Crippen LogP contribution in [0.1, 0.15) is 40.1 Å². The quantitative estimate of drug-likeness (QED) is 0.519. The summed E-state index contributed by atoms with van der Waals surface area (Å²) >= 11 is 7.68. The number of pyridine rings is 1. The van der Waals surface area contributed by atoms with Crippen LogP contribution in [-0.4, -0.2) is 39.5 Å². The first kappa shape index (κ1) is 23.6. The SMILES string of the molecule is C[C@@H](N1CN([C@H]2c3ccccc3CSc3ccccc32)n2cc(Cl)c(=O)c(O)c2C1=O)C(F)(F)F. The van der Waals surface area contributed by atoms with Crippen LogP contribution in [0.25, 0.3) is 0 Å². The Morgan fingerprint density at radius 3 is 2.46 bits per heavy atom. The minimum absolute atomic E-state index is 0.356. The molecule has 5 rings (SSSR count). The van der Waals surface area contributed by atoms with Gasteiger partial charge in [-0.15, -0.1) is 11.8 Å². The summed E-state index contributed by atoms with van der Waals surface area (Å²) in [5.74, 6) is -1.46. The number of nitrogens with zero attached hydrogens (tertiary/aromatic N) is 3. The molecular weight excluding hydrogens is 503 g/mol. The first-order valence-corrected chi connectivity index (χ1v) is 12.0. The molecule has 0 aliphatic carbocycles. The number of aromatic hydroxyl groups is 1. The molecule has 0 spiro atoms. The van der Waals surface area contributed by atoms with E-state index < -0.39 is 47.7 Å². The number of thioether (sulfide) groups is 1. The summed E-state index contributed by atoms with van der Waals surface area (Å²) in [7, 11) is 0. The van der Waals surface area contributed by atoms with Gasteiger partial charge >= 0.3 is 6.18 Å². The highest BCUT2D eigenvalue weighted by Crippen LogP contribution is 2.43. The second-order valence-corrected chi connectivity index (χ2v) is 9.77. The predicted molar refractivity (Wildman–Crippen MR) is 126 cm³/mol. The second kappa shape index (κ2) is 8.53. The Balaban J connectivity index is 1.80. The fourth-order valence-electron chi connectivity index (χ4n) is 4.48. The van der Waals surface area contributed by atoms with Crippen molar-refractivity contribution >= 4 is 29.3 Å². The van der Waals surface area contributed by atoms with Crippen LogP contribution >= 0.6 is 23.4 Å². The van der Waals surface area contributed by atoms with Crippen molar-refractivity contribution in [2.24, 2.45) is 0 Å². The van der Waals surface area contributed by atoms with Crippen LogP contribution in [0, 0.1) is 0 Å². The van der Waals surface area contributed by atoms with Gasteiger partial charge in [0.15, 0.2) is 11.4 Å². The zero-order chi connectivity index (χ0) is 25.1. The van der Waals surface area contributed by atoms with Gasteiger partial charge in [-0.3, -0.25) is 19.3 Å². The van der Waals surface area contributed by atoms with E-state index in [1.165, 1.54) is 15.9 Å². The molecule has 1 aromatic heterocycles. The first-order valence-electron chi connectivity index (χ1n) is 10.7. The van der Waals surface area contributed by atoms with Crippen LogP contribution in [0.15, 0.2) is 64.4 Å². The zero-order valence-electron chi connectivity index (χ0n) is 18.3. The molecular formula is C24H19ClF3N3O3S. The number of alkyl halides is 3. The lowest BCUT2D eigenvalue weighted by molar-refractivity contribution is -0.173. The smallest absolute Gasteiger partial charge is 0.408 e. The Morgan fingerprint density at radius 1 is 1.09 bits per heavy atom. The summed E-state index contributed by atoms with van der Waals surface area (Å²) in [5, 5.41) is 11.8. The number of carbonyl (C=O) groups excluding carboxylic acids is 1. The van der Waals surface area contributed by atoms with Crippen LogP contribution in [0.3, 0.4) is 0 Å². The van der Waals surface area contributed by atoms with Gasteiger partial charge in [0.25, 0.3) is 5.91 Å². The van der Waals surface area contributed by atoms with Crippen LogP contribution in [0.2, 0.25) is 5.02 Å². The van der Waals surface area contributed by atoms with Crippen molar-refractivity contribution in [2.45, 2.75) is 35.8 Å². The summed E-state index contributed by atoms with van der Waals surface area (Å²) in [5.41, 5.74) is 1.04. The lowest BCUT2D eigenvalue weighted by Gasteiger charge is -2.46. The molecule has 0 unspecified atom stereocenters. The topological polar surface area (TPSA) is 65.8 Å². The molecule has 11 heteroatoms. The van der Waals surface area contributed by atoms with Crippen molar-refractivity contribution in [1.29, 1.82) is 0 Å². The maximum Gasteiger partial charge on any atom is 0.408 e. The number of hydrogen-bond donors (Lipinski definition) is 1. The normalized spacial score (nSPS) is 18.4. The van der Waals surface area contributed by atoms with Crippen molar-refractivity contribution in [1.82, 2.24) is 9.58 Å². The van der Waals surface area contributed by atoms with Crippen molar-refractivity contribution in [3.05, 3.63) is 92.4 Å². The fourth-order valence-corrected chi connectivity index (χ4v) is 5.76. The maximum absolute atomic E-state index is 13.8. The summed E-state index contributed by atoms with van der Waals surface area (Å²) in [6, 6.07) is 12.3. The monoisotopic (exact) mass is 521 g/mol. The van der Waals surface area contributed by atoms with Crippen LogP contribution in [0.4, 0.5) is 13.2 Å². The van der Waals surface area contributed by atoms with E-state index in [4.69, 9.17) is 11.6 Å². The minimum atomic E-state index is -4.72. The molecule has 1 N–H and O–H groups in total. The molecule has 0 saturated carbocycles. The van der Waals surface area contributed by atoms with E-state index in [2.05, 4.69) is 0 Å². The van der Waals surface area contributed by atoms with Gasteiger partial charge in [0.2, 0.25) is 5.43 Å². The summed E-state index contributed by atoms with van der Waals surface area (Å²) < 4.78 is 42.5. The number of halogens is 4. The standard InChI is InChI=1S/C24H19ClF3N3O3S/c1-13(24(26,27)28)29-12-31(30-10-17(25)21(32)22(33)20(30)23(29)34)19-15-7-3-2-6-14(15)11-35-18-9-5-4-8-16(18)19/h2-10,13,19,33H,11-12H2,1H3/t13-,19+/m1/s1. The Hall–Kier alpha value is -3.11. The molecule has 6 nitrogen and oxygen atoms in total. The van der Waals surface area contributed by atoms with E-state index in [1.54, 1.807) is 11.8 Å². The molecule has 35 heavy (non-hydrogen) atoms. The summed E-state index contributed by atoms with van der Waals surface area (Å²) in [4.78, 5) is 27.1. The average Bonchev–Trinajstić information content (AvgIpc) is 2.99. The third-order valence-electron chi connectivity index (χ3n) is 6.34. The van der Waals surface area contributed by atoms with Gasteiger partial charge in [-0.25, -0.2) is 0 Å². The van der Waals surface area contributed by atoms with E-state index in [0.29, 0.717) is 10.7 Å². The van der Waals surface area contributed by atoms with Crippen molar-refractivity contribution in [3.8, 4) is 5.75 Å². The predicted octanol–water partition coefficient (Wildman–Crippen LogP) is 4.90. The molecule has 0 bridgehead atoms. The number of fused-ring (bicyclic) bond motifs is 3. The molecule has 0 fully saturated rings. The molecule has 3 heterocycles. The molecule has 2 aliphatic heterocycles. The highest BCUT2D eigenvalue weighted by atomic mass is 35.5. The molecule has 2 atom stereocenters. The van der Waals surface area contributed by atoms with Gasteiger partial charge in [-0.2, -0.15) is 13.2 Å². The van der Waals surface area contributed by atoms with Crippen LogP contribution in [-0.2, 0) is 5.75 Å². The van der Waals surface area contributed by atoms with Gasteiger partial charge in [0, 0.05) is 16.8 Å². The first-order chi connectivity index (χ1) is 16.6. The van der Waals surface area contributed by atoms with Crippen LogP contribution in [0.5, 0.6) is 5.75 Å². The number of aromatic nitrogens is 1. The van der Waals surface area contributed by atoms with Gasteiger partial charge in [-0.1, -0.05) is 54.1 Å². The largest absolute Gasteiger partial charge is 0.502 e. The number of amides is 1. The third-order valence-corrected chi connectivity index (χ3v) is 7.75. The Bertz CT molecular complexity index is 1350. The summed E-state index contributed by atoms with van der Waals surface area (Å²) in [6.45, 7) is 0.421. The molecule has 0 saturated heterocycles. The lowest BCUT2D eigenvalue weighted by Crippen LogP contribution is -2.60. The highest BCUT2D eigenvalue weighted by Gasteiger charge is 2.47. The van der Waals surface area contributed by atoms with E-state index in [-0.39, 0.29) is 5.02 Å². The summed E-state index contributed by atoms with van der Waals surface area (Å²) in [6.07, 6.45) is -3.54. The van der Waals surface area contributed by atoms with Gasteiger partial charge in [0.05, 0.1) is 6.04 Å². The second-order valence-electron chi connectivity index (χ2n) is 8.35. The number of benzene rings is 2. The minimum Gasteiger partial charge on any atom is -0.502 e. The van der Waals surface area contributed by atoms with Crippen molar-refractivity contribution in [2.75, 3.05) is 11.7 Å². The number of hydrogen-bond acceptors (Lipinski definition) is 5. The Kier molecular flexibility index (Phi) is 5.76. The Morgan fingerprint density at radius 2 is 1.74 bits per heavy atom. The molecule has 182 valence electrons.